The Bertz CT molecular complexity index is 336. The third kappa shape index (κ3) is 4.18. The molecule has 90 valence electrons. The summed E-state index contributed by atoms with van der Waals surface area (Å²) in [6, 6.07) is 0.417. The molecule has 6 heteroatoms. The molecule has 0 fully saturated rings. The zero-order chi connectivity index (χ0) is 12.0. The summed E-state index contributed by atoms with van der Waals surface area (Å²) in [5.74, 6) is 0. The molecule has 1 heterocycles. The van der Waals surface area contributed by atoms with Gasteiger partial charge in [0.2, 0.25) is 5.28 Å². The van der Waals surface area contributed by atoms with E-state index in [9.17, 15) is 0 Å². The molecule has 0 spiro atoms. The van der Waals surface area contributed by atoms with Crippen LogP contribution in [0.25, 0.3) is 0 Å². The number of halogens is 1. The van der Waals surface area contributed by atoms with Crippen molar-refractivity contribution in [3.8, 4) is 12.0 Å². The van der Waals surface area contributed by atoms with Gasteiger partial charge in [0, 0.05) is 0 Å². The van der Waals surface area contributed by atoms with E-state index in [2.05, 4.69) is 15.0 Å². The van der Waals surface area contributed by atoms with Crippen LogP contribution in [0.4, 0.5) is 0 Å². The minimum Gasteiger partial charge on any atom is -0.463 e. The van der Waals surface area contributed by atoms with Gasteiger partial charge in [0.1, 0.15) is 0 Å². The summed E-state index contributed by atoms with van der Waals surface area (Å²) in [7, 11) is 0. The smallest absolute Gasteiger partial charge is 0.324 e. The van der Waals surface area contributed by atoms with E-state index in [-0.39, 0.29) is 23.4 Å². The summed E-state index contributed by atoms with van der Waals surface area (Å²) in [5, 5.41) is 0.0828. The zero-order valence-electron chi connectivity index (χ0n) is 9.73. The second-order valence-corrected chi connectivity index (χ2v) is 3.69. The fourth-order valence-corrected chi connectivity index (χ4v) is 1.03. The first-order chi connectivity index (χ1) is 7.65. The van der Waals surface area contributed by atoms with E-state index in [1.807, 2.05) is 20.8 Å². The molecule has 0 radical (unpaired) electrons. The molecule has 16 heavy (non-hydrogen) atoms. The Morgan fingerprint density at radius 2 is 1.88 bits per heavy atom. The molecule has 0 N–H and O–H groups in total. The van der Waals surface area contributed by atoms with Crippen molar-refractivity contribution in [2.45, 2.75) is 39.7 Å². The lowest BCUT2D eigenvalue weighted by molar-refractivity contribution is 0.192. The average molecular weight is 246 g/mol. The van der Waals surface area contributed by atoms with Crippen LogP contribution in [-0.4, -0.2) is 27.7 Å². The van der Waals surface area contributed by atoms with Crippen molar-refractivity contribution in [1.82, 2.24) is 15.0 Å². The van der Waals surface area contributed by atoms with E-state index < -0.39 is 0 Å². The van der Waals surface area contributed by atoms with Gasteiger partial charge >= 0.3 is 12.0 Å². The topological polar surface area (TPSA) is 57.1 Å². The first-order valence-electron chi connectivity index (χ1n) is 5.36. The number of nitrogens with zero attached hydrogens (tertiary/aromatic N) is 3. The summed E-state index contributed by atoms with van der Waals surface area (Å²) in [4.78, 5) is 11.7. The van der Waals surface area contributed by atoms with Crippen molar-refractivity contribution < 1.29 is 9.47 Å². The maximum absolute atomic E-state index is 5.73. The van der Waals surface area contributed by atoms with E-state index in [1.165, 1.54) is 0 Å². The van der Waals surface area contributed by atoms with Crippen LogP contribution in [0.1, 0.15) is 33.6 Å². The Hall–Kier alpha value is -1.10. The fourth-order valence-electron chi connectivity index (χ4n) is 0.889. The molecule has 0 saturated heterocycles. The van der Waals surface area contributed by atoms with Crippen molar-refractivity contribution in [3.63, 3.8) is 0 Å². The predicted molar refractivity (Wildman–Crippen MR) is 61.0 cm³/mol. The number of hydrogen-bond donors (Lipinski definition) is 0. The maximum Gasteiger partial charge on any atom is 0.324 e. The molecule has 1 aromatic rings. The van der Waals surface area contributed by atoms with Crippen LogP contribution in [0.3, 0.4) is 0 Å². The standard InChI is InChI=1S/C10H16ClN3O2/c1-4-6-15-9-12-8(11)13-10(14-9)16-7(3)5-2/h7H,4-6H2,1-3H3. The van der Waals surface area contributed by atoms with Gasteiger partial charge in [-0.3, -0.25) is 0 Å². The number of aromatic nitrogens is 3. The average Bonchev–Trinajstić information content (AvgIpc) is 2.25. The molecule has 1 atom stereocenters. The summed E-state index contributed by atoms with van der Waals surface area (Å²) >= 11 is 5.73. The summed E-state index contributed by atoms with van der Waals surface area (Å²) in [5.41, 5.74) is 0. The van der Waals surface area contributed by atoms with Crippen molar-refractivity contribution in [1.29, 1.82) is 0 Å². The number of hydrogen-bond acceptors (Lipinski definition) is 5. The second-order valence-electron chi connectivity index (χ2n) is 3.35. The zero-order valence-corrected chi connectivity index (χ0v) is 10.5. The van der Waals surface area contributed by atoms with E-state index in [0.717, 1.165) is 12.8 Å². The highest BCUT2D eigenvalue weighted by Gasteiger charge is 2.09. The van der Waals surface area contributed by atoms with Crippen LogP contribution < -0.4 is 9.47 Å². The predicted octanol–water partition coefficient (Wildman–Crippen LogP) is 2.49. The van der Waals surface area contributed by atoms with Crippen LogP contribution in [-0.2, 0) is 0 Å². The van der Waals surface area contributed by atoms with Crippen LogP contribution in [0, 0.1) is 0 Å². The first kappa shape index (κ1) is 13.0. The molecule has 0 saturated carbocycles. The molecule has 5 nitrogen and oxygen atoms in total. The van der Waals surface area contributed by atoms with Gasteiger partial charge in [-0.15, -0.1) is 4.98 Å². The molecular formula is C10H16ClN3O2. The number of rotatable bonds is 6. The largest absolute Gasteiger partial charge is 0.463 e. The van der Waals surface area contributed by atoms with Gasteiger partial charge in [0.25, 0.3) is 0 Å². The Kier molecular flexibility index (Phi) is 5.25. The lowest BCUT2D eigenvalue weighted by atomic mass is 10.3. The minimum absolute atomic E-state index is 0.0393. The lowest BCUT2D eigenvalue weighted by Gasteiger charge is -2.11. The third-order valence-electron chi connectivity index (χ3n) is 1.88. The molecule has 1 rings (SSSR count). The highest BCUT2D eigenvalue weighted by atomic mass is 35.5. The van der Waals surface area contributed by atoms with E-state index >= 15 is 0 Å². The highest BCUT2D eigenvalue weighted by Crippen LogP contribution is 2.14. The molecule has 0 aromatic carbocycles. The van der Waals surface area contributed by atoms with Crippen molar-refractivity contribution >= 4 is 11.6 Å². The molecule has 0 aliphatic carbocycles. The Balaban J connectivity index is 2.73. The Morgan fingerprint density at radius 1 is 1.19 bits per heavy atom. The maximum atomic E-state index is 5.73. The molecule has 0 bridgehead atoms. The van der Waals surface area contributed by atoms with Crippen molar-refractivity contribution in [2.24, 2.45) is 0 Å². The van der Waals surface area contributed by atoms with Crippen molar-refractivity contribution in [2.75, 3.05) is 6.61 Å². The van der Waals surface area contributed by atoms with Crippen LogP contribution in [0.15, 0.2) is 0 Å². The van der Waals surface area contributed by atoms with E-state index in [4.69, 9.17) is 21.1 Å². The molecule has 0 aliphatic rings. The monoisotopic (exact) mass is 245 g/mol. The van der Waals surface area contributed by atoms with E-state index in [0.29, 0.717) is 6.61 Å². The van der Waals surface area contributed by atoms with Crippen LogP contribution in [0.2, 0.25) is 5.28 Å². The SMILES string of the molecule is CCCOc1nc(Cl)nc(OC(C)CC)n1. The van der Waals surface area contributed by atoms with Gasteiger partial charge in [-0.25, -0.2) is 0 Å². The highest BCUT2D eigenvalue weighted by molar-refractivity contribution is 6.28. The summed E-state index contributed by atoms with van der Waals surface area (Å²) in [6.07, 6.45) is 1.79. The number of ether oxygens (including phenoxy) is 2. The summed E-state index contributed by atoms with van der Waals surface area (Å²) in [6.45, 7) is 6.49. The van der Waals surface area contributed by atoms with Crippen LogP contribution in [0.5, 0.6) is 12.0 Å². The Labute approximate surface area is 100 Å². The van der Waals surface area contributed by atoms with E-state index in [1.54, 1.807) is 0 Å². The third-order valence-corrected chi connectivity index (χ3v) is 2.05. The molecule has 1 unspecified atom stereocenters. The molecule has 0 amide bonds. The normalized spacial score (nSPS) is 12.2. The summed E-state index contributed by atoms with van der Waals surface area (Å²) < 4.78 is 10.7. The van der Waals surface area contributed by atoms with Gasteiger partial charge in [-0.2, -0.15) is 9.97 Å². The quantitative estimate of drug-likeness (QED) is 0.771. The first-order valence-corrected chi connectivity index (χ1v) is 5.74. The van der Waals surface area contributed by atoms with Gasteiger partial charge in [0.15, 0.2) is 0 Å². The fraction of sp³-hybridized carbons (Fsp3) is 0.700. The van der Waals surface area contributed by atoms with Crippen LogP contribution >= 0.6 is 11.6 Å². The minimum atomic E-state index is 0.0393. The molecule has 0 aliphatic heterocycles. The van der Waals surface area contributed by atoms with Gasteiger partial charge in [-0.1, -0.05) is 13.8 Å². The Morgan fingerprint density at radius 3 is 2.50 bits per heavy atom. The molecule has 1 aromatic heterocycles. The van der Waals surface area contributed by atoms with Gasteiger partial charge < -0.3 is 9.47 Å². The van der Waals surface area contributed by atoms with Gasteiger partial charge in [-0.05, 0) is 31.4 Å². The second kappa shape index (κ2) is 6.48. The molecular weight excluding hydrogens is 230 g/mol. The van der Waals surface area contributed by atoms with Crippen molar-refractivity contribution in [3.05, 3.63) is 5.28 Å². The van der Waals surface area contributed by atoms with Gasteiger partial charge in [0.05, 0.1) is 12.7 Å². The lowest BCUT2D eigenvalue weighted by Crippen LogP contribution is -2.13.